The van der Waals surface area contributed by atoms with Gasteiger partial charge in [-0.25, -0.2) is 19.2 Å². The fraction of sp³-hybridized carbons (Fsp3) is 0.171. The van der Waals surface area contributed by atoms with E-state index < -0.39 is 61.2 Å². The molecule has 1 saturated heterocycles. The minimum absolute atomic E-state index is 0.0137. The van der Waals surface area contributed by atoms with E-state index in [0.29, 0.717) is 0 Å². The minimum atomic E-state index is -1.58. The summed E-state index contributed by atoms with van der Waals surface area (Å²) in [6, 6.07) is 42.2. The van der Waals surface area contributed by atoms with Crippen LogP contribution in [0.25, 0.3) is 0 Å². The van der Waals surface area contributed by atoms with Gasteiger partial charge in [0, 0.05) is 0 Å². The van der Waals surface area contributed by atoms with Crippen LogP contribution in [0.5, 0.6) is 0 Å². The number of carbonyl (C=O) groups excluding carboxylic acids is 4. The molecule has 5 aromatic carbocycles. The summed E-state index contributed by atoms with van der Waals surface area (Å²) in [5, 5.41) is 0. The Bertz CT molecular complexity index is 1890. The third kappa shape index (κ3) is 9.13. The second kappa shape index (κ2) is 17.0. The van der Waals surface area contributed by atoms with E-state index in [1.807, 2.05) is 30.3 Å². The van der Waals surface area contributed by atoms with Crippen LogP contribution in [0, 0.1) is 0 Å². The molecule has 6 rings (SSSR count). The second-order valence-corrected chi connectivity index (χ2v) is 11.5. The molecule has 5 atom stereocenters. The van der Waals surface area contributed by atoms with Crippen LogP contribution in [0.1, 0.15) is 47.0 Å². The highest BCUT2D eigenvalue weighted by atomic mass is 16.7. The first-order valence-electron chi connectivity index (χ1n) is 16.3. The van der Waals surface area contributed by atoms with E-state index in [1.54, 1.807) is 121 Å². The first kappa shape index (κ1) is 34.8. The lowest BCUT2D eigenvalue weighted by Gasteiger charge is -2.44. The van der Waals surface area contributed by atoms with Crippen LogP contribution in [-0.4, -0.2) is 61.2 Å². The summed E-state index contributed by atoms with van der Waals surface area (Å²) in [4.78, 5) is 53.7. The average Bonchev–Trinajstić information content (AvgIpc) is 3.19. The maximum atomic E-state index is 13.6. The highest BCUT2D eigenvalue weighted by Crippen LogP contribution is 2.32. The molecule has 0 amide bonds. The maximum absolute atomic E-state index is 13.6. The van der Waals surface area contributed by atoms with Gasteiger partial charge in [0.2, 0.25) is 6.29 Å². The van der Waals surface area contributed by atoms with Crippen molar-refractivity contribution in [2.45, 2.75) is 37.3 Å². The maximum Gasteiger partial charge on any atom is 0.340 e. The smallest absolute Gasteiger partial charge is 0.340 e. The highest BCUT2D eigenvalue weighted by Gasteiger charge is 2.53. The number of benzene rings is 5. The Balaban J connectivity index is 1.39. The van der Waals surface area contributed by atoms with Gasteiger partial charge in [0.05, 0.1) is 28.9 Å². The van der Waals surface area contributed by atoms with Gasteiger partial charge in [0.15, 0.2) is 12.2 Å². The van der Waals surface area contributed by atoms with Gasteiger partial charge in [0.1, 0.15) is 18.8 Å². The molecule has 0 N–H and O–H groups in total. The zero-order valence-electron chi connectivity index (χ0n) is 27.3. The van der Waals surface area contributed by atoms with Crippen LogP contribution in [0.3, 0.4) is 0 Å². The number of esters is 4. The van der Waals surface area contributed by atoms with Crippen LogP contribution in [0.2, 0.25) is 0 Å². The van der Waals surface area contributed by atoms with E-state index >= 15 is 0 Å². The molecule has 1 aliphatic heterocycles. The molecule has 5 aromatic rings. The van der Waals surface area contributed by atoms with Gasteiger partial charge in [-0.05, 0) is 54.1 Å². The molecule has 10 nitrogen and oxygen atoms in total. The van der Waals surface area contributed by atoms with E-state index in [2.05, 4.69) is 0 Å². The van der Waals surface area contributed by atoms with Crippen molar-refractivity contribution in [3.8, 4) is 0 Å². The van der Waals surface area contributed by atoms with Crippen LogP contribution >= 0.6 is 0 Å². The highest BCUT2D eigenvalue weighted by molar-refractivity contribution is 5.91. The summed E-state index contributed by atoms with van der Waals surface area (Å²) in [7, 11) is 0. The Labute approximate surface area is 294 Å². The number of carbonyl (C=O) groups is 4. The average molecular weight is 687 g/mol. The first-order valence-corrected chi connectivity index (χ1v) is 16.3. The third-order valence-electron chi connectivity index (χ3n) is 8.00. The normalized spacial score (nSPS) is 19.6. The number of hydrogen-bond donors (Lipinski definition) is 0. The molecule has 1 fully saturated rings. The molecule has 51 heavy (non-hydrogen) atoms. The number of ether oxygens (including phenoxy) is 6. The van der Waals surface area contributed by atoms with Crippen molar-refractivity contribution in [2.75, 3.05) is 6.61 Å². The van der Waals surface area contributed by atoms with Gasteiger partial charge >= 0.3 is 23.9 Å². The molecular weight excluding hydrogens is 652 g/mol. The second-order valence-electron chi connectivity index (χ2n) is 11.5. The van der Waals surface area contributed by atoms with E-state index in [0.717, 1.165) is 5.56 Å². The van der Waals surface area contributed by atoms with Crippen molar-refractivity contribution in [2.24, 2.45) is 0 Å². The summed E-state index contributed by atoms with van der Waals surface area (Å²) in [5.41, 5.74) is 1.69. The van der Waals surface area contributed by atoms with E-state index in [1.165, 1.54) is 0 Å². The molecule has 1 aliphatic rings. The lowest BCUT2D eigenvalue weighted by Crippen LogP contribution is -2.63. The fourth-order valence-electron chi connectivity index (χ4n) is 5.43. The van der Waals surface area contributed by atoms with Gasteiger partial charge in [0.25, 0.3) is 0 Å². The van der Waals surface area contributed by atoms with Crippen LogP contribution in [0.4, 0.5) is 0 Å². The van der Waals surface area contributed by atoms with E-state index in [-0.39, 0.29) is 28.9 Å². The fourth-order valence-corrected chi connectivity index (χ4v) is 5.43. The Kier molecular flexibility index (Phi) is 11.6. The zero-order valence-corrected chi connectivity index (χ0v) is 27.3. The van der Waals surface area contributed by atoms with Crippen LogP contribution in [0.15, 0.2) is 152 Å². The van der Waals surface area contributed by atoms with Crippen LogP contribution in [-0.2, 0) is 35.0 Å². The third-order valence-corrected chi connectivity index (χ3v) is 8.00. The summed E-state index contributed by atoms with van der Waals surface area (Å²) >= 11 is 0. The predicted molar refractivity (Wildman–Crippen MR) is 184 cm³/mol. The number of hydrogen-bond acceptors (Lipinski definition) is 10. The van der Waals surface area contributed by atoms with Crippen molar-refractivity contribution in [1.29, 1.82) is 0 Å². The summed E-state index contributed by atoms with van der Waals surface area (Å²) < 4.78 is 36.4. The van der Waals surface area contributed by atoms with Crippen LogP contribution < -0.4 is 0 Å². The Morgan fingerprint density at radius 3 is 1.31 bits per heavy atom. The molecule has 1 heterocycles. The first-order chi connectivity index (χ1) is 25.0. The molecular formula is C41H34O10. The number of rotatable bonds is 12. The van der Waals surface area contributed by atoms with Crippen molar-refractivity contribution >= 4 is 23.9 Å². The largest absolute Gasteiger partial charge is 0.459 e. The molecule has 10 heteroatoms. The molecule has 0 spiro atoms. The Hall–Kier alpha value is -6.10. The van der Waals surface area contributed by atoms with E-state index in [9.17, 15) is 19.2 Å². The topological polar surface area (TPSA) is 124 Å². The lowest BCUT2D eigenvalue weighted by molar-refractivity contribution is -0.292. The monoisotopic (exact) mass is 686 g/mol. The summed E-state index contributed by atoms with van der Waals surface area (Å²) in [6.45, 7) is -0.454. The molecule has 0 aromatic heterocycles. The van der Waals surface area contributed by atoms with Gasteiger partial charge < -0.3 is 28.4 Å². The quantitative estimate of drug-likeness (QED) is 0.107. The van der Waals surface area contributed by atoms with Gasteiger partial charge in [-0.2, -0.15) is 0 Å². The van der Waals surface area contributed by atoms with Gasteiger partial charge in [-0.1, -0.05) is 103 Å². The van der Waals surface area contributed by atoms with Crippen molar-refractivity contribution in [3.05, 3.63) is 179 Å². The van der Waals surface area contributed by atoms with E-state index in [4.69, 9.17) is 28.4 Å². The van der Waals surface area contributed by atoms with Crippen molar-refractivity contribution in [1.82, 2.24) is 0 Å². The van der Waals surface area contributed by atoms with Gasteiger partial charge in [-0.3, -0.25) is 0 Å². The Morgan fingerprint density at radius 2 is 0.843 bits per heavy atom. The summed E-state index contributed by atoms with van der Waals surface area (Å²) in [5.74, 6) is -2.93. The molecule has 0 aliphatic carbocycles. The lowest BCUT2D eigenvalue weighted by atomic mass is 9.97. The Morgan fingerprint density at radius 1 is 0.451 bits per heavy atom. The molecule has 0 bridgehead atoms. The summed E-state index contributed by atoms with van der Waals surface area (Å²) in [6.07, 6.45) is -6.90. The SMILES string of the molecule is O=C(OC[C@H]1O[C@@H](OC(=O)c2ccccc2)[C@H](OC(=O)c2ccccc2)[C@H](OCc2ccccc2)[C@@H]1OC(=O)c1ccccc1)c1ccccc1. The predicted octanol–water partition coefficient (Wildman–Crippen LogP) is 6.46. The van der Waals surface area contributed by atoms with Crippen molar-refractivity contribution < 1.29 is 47.6 Å². The molecule has 0 radical (unpaired) electrons. The zero-order chi connectivity index (χ0) is 35.4. The standard InChI is InChI=1S/C41H34O10/c42-37(29-18-8-2-9-19-29)47-27-33-34(49-38(43)30-20-10-3-11-21-30)35(46-26-28-16-6-1-7-17-28)36(50-39(44)31-22-12-4-13-23-31)41(48-33)51-40(45)32-24-14-5-15-25-32/h1-25,33-36,41H,26-27H2/t33-,34-,35-,36-,41+/m1/s1. The van der Waals surface area contributed by atoms with Gasteiger partial charge in [-0.15, -0.1) is 0 Å². The molecule has 258 valence electrons. The molecule has 0 unspecified atom stereocenters. The minimum Gasteiger partial charge on any atom is -0.459 e. The van der Waals surface area contributed by atoms with Crippen molar-refractivity contribution in [3.63, 3.8) is 0 Å². The molecule has 0 saturated carbocycles.